The first-order valence-electron chi connectivity index (χ1n) is 8.80. The minimum atomic E-state index is -0.585. The van der Waals surface area contributed by atoms with Gasteiger partial charge in [0.05, 0.1) is 5.75 Å². The number of halogens is 1. The van der Waals surface area contributed by atoms with Gasteiger partial charge in [-0.15, -0.1) is 11.8 Å². The van der Waals surface area contributed by atoms with Gasteiger partial charge >= 0.3 is 0 Å². The van der Waals surface area contributed by atoms with Gasteiger partial charge in [-0.05, 0) is 31.0 Å². The standard InChI is InChI=1S/C21H25FN2O2S/c1-15-8-10-17(11-9-15)12-24(16(2)21(26)23-3)20(25)14-27-13-18-6-4-5-7-19(18)22/h4-11,16H,12-14H2,1-3H3,(H,23,26). The normalized spacial score (nSPS) is 11.7. The summed E-state index contributed by atoms with van der Waals surface area (Å²) in [6, 6.07) is 13.8. The molecule has 1 N–H and O–H groups in total. The Morgan fingerprint density at radius 2 is 1.81 bits per heavy atom. The molecule has 0 aliphatic rings. The first kappa shape index (κ1) is 21.0. The third kappa shape index (κ3) is 6.10. The van der Waals surface area contributed by atoms with Gasteiger partial charge in [-0.2, -0.15) is 0 Å². The molecule has 1 atom stereocenters. The van der Waals surface area contributed by atoms with Crippen molar-refractivity contribution < 1.29 is 14.0 Å². The molecule has 144 valence electrons. The zero-order chi connectivity index (χ0) is 19.8. The Bertz CT molecular complexity index is 780. The van der Waals surface area contributed by atoms with Crippen LogP contribution in [0, 0.1) is 12.7 Å². The highest BCUT2D eigenvalue weighted by Crippen LogP contribution is 2.18. The zero-order valence-electron chi connectivity index (χ0n) is 15.9. The van der Waals surface area contributed by atoms with Crippen LogP contribution >= 0.6 is 11.8 Å². The number of amides is 2. The summed E-state index contributed by atoms with van der Waals surface area (Å²) in [5.74, 6) is -0.0394. The fourth-order valence-electron chi connectivity index (χ4n) is 2.63. The number of hydrogen-bond donors (Lipinski definition) is 1. The van der Waals surface area contributed by atoms with Gasteiger partial charge in [0.1, 0.15) is 11.9 Å². The lowest BCUT2D eigenvalue weighted by Crippen LogP contribution is -2.47. The smallest absolute Gasteiger partial charge is 0.242 e. The first-order valence-corrected chi connectivity index (χ1v) is 9.95. The number of carbonyl (C=O) groups excluding carboxylic acids is 2. The van der Waals surface area contributed by atoms with Crippen molar-refractivity contribution in [2.75, 3.05) is 12.8 Å². The molecule has 2 aromatic carbocycles. The summed E-state index contributed by atoms with van der Waals surface area (Å²) >= 11 is 1.34. The molecule has 1 unspecified atom stereocenters. The van der Waals surface area contributed by atoms with E-state index in [1.165, 1.54) is 17.8 Å². The van der Waals surface area contributed by atoms with Gasteiger partial charge in [0.25, 0.3) is 0 Å². The molecule has 0 heterocycles. The average Bonchev–Trinajstić information content (AvgIpc) is 2.67. The molecule has 6 heteroatoms. The largest absolute Gasteiger partial charge is 0.357 e. The number of nitrogens with zero attached hydrogens (tertiary/aromatic N) is 1. The van der Waals surface area contributed by atoms with E-state index in [4.69, 9.17) is 0 Å². The highest BCUT2D eigenvalue weighted by atomic mass is 32.2. The number of likely N-dealkylation sites (N-methyl/N-ethyl adjacent to an activating group) is 1. The van der Waals surface area contributed by atoms with Crippen LogP contribution in [0.4, 0.5) is 4.39 Å². The van der Waals surface area contributed by atoms with Crippen LogP contribution in [0.1, 0.15) is 23.6 Å². The van der Waals surface area contributed by atoms with Crippen LogP contribution in [0.2, 0.25) is 0 Å². The minimum Gasteiger partial charge on any atom is -0.357 e. The van der Waals surface area contributed by atoms with Crippen molar-refractivity contribution in [3.8, 4) is 0 Å². The number of carbonyl (C=O) groups is 2. The van der Waals surface area contributed by atoms with Crippen molar-refractivity contribution >= 4 is 23.6 Å². The Morgan fingerprint density at radius 3 is 2.44 bits per heavy atom. The Balaban J connectivity index is 2.04. The molecule has 2 amide bonds. The molecular formula is C21H25FN2O2S. The van der Waals surface area contributed by atoms with E-state index in [0.29, 0.717) is 17.9 Å². The summed E-state index contributed by atoms with van der Waals surface area (Å²) in [6.07, 6.45) is 0. The fraction of sp³-hybridized carbons (Fsp3) is 0.333. The molecule has 0 fully saturated rings. The van der Waals surface area contributed by atoms with Gasteiger partial charge in [0.15, 0.2) is 0 Å². The van der Waals surface area contributed by atoms with Crippen molar-refractivity contribution in [2.24, 2.45) is 0 Å². The second kappa shape index (κ2) is 10.1. The number of thioether (sulfide) groups is 1. The average molecular weight is 389 g/mol. The second-order valence-corrected chi connectivity index (χ2v) is 7.37. The van der Waals surface area contributed by atoms with Crippen molar-refractivity contribution in [1.82, 2.24) is 10.2 Å². The van der Waals surface area contributed by atoms with Gasteiger partial charge in [0, 0.05) is 19.3 Å². The molecule has 0 saturated heterocycles. The van der Waals surface area contributed by atoms with Gasteiger partial charge in [-0.25, -0.2) is 4.39 Å². The molecule has 0 bridgehead atoms. The van der Waals surface area contributed by atoms with Crippen molar-refractivity contribution in [3.05, 3.63) is 71.0 Å². The number of nitrogens with one attached hydrogen (secondary N) is 1. The van der Waals surface area contributed by atoms with E-state index < -0.39 is 6.04 Å². The molecule has 0 aromatic heterocycles. The lowest BCUT2D eigenvalue weighted by molar-refractivity contribution is -0.138. The van der Waals surface area contributed by atoms with E-state index in [1.807, 2.05) is 31.2 Å². The maximum Gasteiger partial charge on any atom is 0.242 e. The van der Waals surface area contributed by atoms with E-state index >= 15 is 0 Å². The van der Waals surface area contributed by atoms with E-state index in [0.717, 1.165) is 11.1 Å². The molecule has 0 saturated carbocycles. The van der Waals surface area contributed by atoms with Crippen molar-refractivity contribution in [1.29, 1.82) is 0 Å². The molecule has 0 radical (unpaired) electrons. The molecule has 0 aliphatic heterocycles. The van der Waals surface area contributed by atoms with Crippen molar-refractivity contribution in [3.63, 3.8) is 0 Å². The van der Waals surface area contributed by atoms with Crippen LogP contribution in [0.5, 0.6) is 0 Å². The number of hydrogen-bond acceptors (Lipinski definition) is 3. The van der Waals surface area contributed by atoms with Crippen LogP contribution in [-0.2, 0) is 21.9 Å². The Hall–Kier alpha value is -2.34. The van der Waals surface area contributed by atoms with Crippen LogP contribution in [0.25, 0.3) is 0 Å². The summed E-state index contributed by atoms with van der Waals surface area (Å²) < 4.78 is 13.7. The monoisotopic (exact) mass is 388 g/mol. The lowest BCUT2D eigenvalue weighted by atomic mass is 10.1. The van der Waals surface area contributed by atoms with E-state index in [1.54, 1.807) is 37.1 Å². The fourth-order valence-corrected chi connectivity index (χ4v) is 3.52. The summed E-state index contributed by atoms with van der Waals surface area (Å²) in [6.45, 7) is 4.07. The summed E-state index contributed by atoms with van der Waals surface area (Å²) in [7, 11) is 1.56. The van der Waals surface area contributed by atoms with Crippen LogP contribution < -0.4 is 5.32 Å². The van der Waals surface area contributed by atoms with Gasteiger partial charge in [0.2, 0.25) is 11.8 Å². The Kier molecular flexibility index (Phi) is 7.85. The van der Waals surface area contributed by atoms with Gasteiger partial charge < -0.3 is 10.2 Å². The first-order chi connectivity index (χ1) is 12.9. The minimum absolute atomic E-state index is 0.145. The molecular weight excluding hydrogens is 363 g/mol. The molecule has 27 heavy (non-hydrogen) atoms. The Morgan fingerprint density at radius 1 is 1.15 bits per heavy atom. The molecule has 4 nitrogen and oxygen atoms in total. The quantitative estimate of drug-likeness (QED) is 0.753. The van der Waals surface area contributed by atoms with Crippen molar-refractivity contribution in [2.45, 2.75) is 32.2 Å². The second-order valence-electron chi connectivity index (χ2n) is 6.38. The highest BCUT2D eigenvalue weighted by Gasteiger charge is 2.25. The van der Waals surface area contributed by atoms with Crippen LogP contribution in [0.3, 0.4) is 0 Å². The molecule has 2 rings (SSSR count). The van der Waals surface area contributed by atoms with Gasteiger partial charge in [-0.3, -0.25) is 9.59 Å². The number of aryl methyl sites for hydroxylation is 1. The molecule has 0 aliphatic carbocycles. The van der Waals surface area contributed by atoms with E-state index in [2.05, 4.69) is 5.32 Å². The summed E-state index contributed by atoms with van der Waals surface area (Å²) in [5.41, 5.74) is 2.67. The predicted octanol–water partition coefficient (Wildman–Crippen LogP) is 3.53. The summed E-state index contributed by atoms with van der Waals surface area (Å²) in [5, 5.41) is 2.60. The Labute approximate surface area is 164 Å². The van der Waals surface area contributed by atoms with E-state index in [9.17, 15) is 14.0 Å². The maximum absolute atomic E-state index is 13.7. The highest BCUT2D eigenvalue weighted by molar-refractivity contribution is 7.99. The van der Waals surface area contributed by atoms with Crippen LogP contribution in [0.15, 0.2) is 48.5 Å². The molecule has 0 spiro atoms. The third-order valence-corrected chi connectivity index (χ3v) is 5.29. The SMILES string of the molecule is CNC(=O)C(C)N(Cc1ccc(C)cc1)C(=O)CSCc1ccccc1F. The van der Waals surface area contributed by atoms with Crippen LogP contribution in [-0.4, -0.2) is 35.6 Å². The lowest BCUT2D eigenvalue weighted by Gasteiger charge is -2.28. The van der Waals surface area contributed by atoms with E-state index in [-0.39, 0.29) is 23.4 Å². The predicted molar refractivity (Wildman–Crippen MR) is 108 cm³/mol. The molecule has 2 aromatic rings. The van der Waals surface area contributed by atoms with Gasteiger partial charge in [-0.1, -0.05) is 48.0 Å². The maximum atomic E-state index is 13.7. The summed E-state index contributed by atoms with van der Waals surface area (Å²) in [4.78, 5) is 26.4. The third-order valence-electron chi connectivity index (χ3n) is 4.33. The number of rotatable bonds is 8. The topological polar surface area (TPSA) is 49.4 Å². The zero-order valence-corrected chi connectivity index (χ0v) is 16.7. The number of benzene rings is 2.